The van der Waals surface area contributed by atoms with E-state index in [1.165, 1.54) is 5.56 Å². The molecule has 0 fully saturated rings. The van der Waals surface area contributed by atoms with Gasteiger partial charge in [-0.05, 0) is 23.5 Å². The highest BCUT2D eigenvalue weighted by atomic mass is 16.5. The third-order valence-electron chi connectivity index (χ3n) is 2.88. The molecule has 1 aromatic carbocycles. The number of nitrogens with two attached hydrogens (primary N) is 1. The molecule has 0 aromatic heterocycles. The number of ether oxygens (including phenoxy) is 1. The molecule has 2 heteroatoms. The second-order valence-electron chi connectivity index (χ2n) is 5.24. The number of rotatable bonds is 4. The lowest BCUT2D eigenvalue weighted by Crippen LogP contribution is -2.40. The zero-order valence-electron chi connectivity index (χ0n) is 10.8. The Morgan fingerprint density at radius 2 is 1.88 bits per heavy atom. The highest BCUT2D eigenvalue weighted by molar-refractivity contribution is 5.33. The van der Waals surface area contributed by atoms with Crippen LogP contribution in [0.4, 0.5) is 0 Å². The summed E-state index contributed by atoms with van der Waals surface area (Å²) in [5.41, 5.74) is 7.39. The molecule has 1 unspecified atom stereocenters. The van der Waals surface area contributed by atoms with Gasteiger partial charge < -0.3 is 10.5 Å². The molecule has 0 saturated carbocycles. The molecule has 0 radical (unpaired) electrons. The van der Waals surface area contributed by atoms with E-state index < -0.39 is 0 Å². The van der Waals surface area contributed by atoms with E-state index in [2.05, 4.69) is 33.8 Å². The first-order valence-electron chi connectivity index (χ1n) is 5.91. The van der Waals surface area contributed by atoms with Gasteiger partial charge in [0.15, 0.2) is 0 Å². The molecular formula is C14H23NO. The maximum Gasteiger partial charge on any atom is 0.122 e. The summed E-state index contributed by atoms with van der Waals surface area (Å²) in [6.45, 7) is 9.10. The van der Waals surface area contributed by atoms with Gasteiger partial charge in [0, 0.05) is 6.04 Å². The number of para-hydroxylation sites is 1. The predicted molar refractivity (Wildman–Crippen MR) is 68.7 cm³/mol. The third-order valence-corrected chi connectivity index (χ3v) is 2.88. The normalized spacial score (nSPS) is 13.6. The van der Waals surface area contributed by atoms with Gasteiger partial charge in [-0.2, -0.15) is 0 Å². The summed E-state index contributed by atoms with van der Waals surface area (Å²) in [6, 6.07) is 8.19. The number of hydrogen-bond donors (Lipinski definition) is 1. The van der Waals surface area contributed by atoms with Crippen molar-refractivity contribution in [3.63, 3.8) is 0 Å². The fraction of sp³-hybridized carbons (Fsp3) is 0.571. The molecule has 0 heterocycles. The second-order valence-corrected chi connectivity index (χ2v) is 5.24. The minimum absolute atomic E-state index is 0.0532. The molecule has 0 saturated heterocycles. The van der Waals surface area contributed by atoms with Gasteiger partial charge in [0.25, 0.3) is 0 Å². The van der Waals surface area contributed by atoms with Crippen molar-refractivity contribution in [3.8, 4) is 5.75 Å². The zero-order valence-corrected chi connectivity index (χ0v) is 10.8. The first-order chi connectivity index (χ1) is 7.45. The van der Waals surface area contributed by atoms with Crippen molar-refractivity contribution < 1.29 is 4.74 Å². The minimum atomic E-state index is 0.0532. The summed E-state index contributed by atoms with van der Waals surface area (Å²) < 4.78 is 5.79. The molecule has 90 valence electrons. The van der Waals surface area contributed by atoms with Gasteiger partial charge in [-0.1, -0.05) is 45.9 Å². The summed E-state index contributed by atoms with van der Waals surface area (Å²) in [5, 5.41) is 0. The monoisotopic (exact) mass is 221 g/mol. The van der Waals surface area contributed by atoms with Crippen molar-refractivity contribution in [2.24, 2.45) is 11.1 Å². The van der Waals surface area contributed by atoms with Crippen LogP contribution in [0.1, 0.15) is 33.3 Å². The summed E-state index contributed by atoms with van der Waals surface area (Å²) in [7, 11) is 0. The van der Waals surface area contributed by atoms with E-state index in [4.69, 9.17) is 10.5 Å². The highest BCUT2D eigenvalue weighted by Crippen LogP contribution is 2.21. The summed E-state index contributed by atoms with van der Waals surface area (Å²) in [4.78, 5) is 0. The van der Waals surface area contributed by atoms with Crippen LogP contribution in [-0.4, -0.2) is 12.6 Å². The van der Waals surface area contributed by atoms with E-state index in [1.54, 1.807) is 0 Å². The lowest BCUT2D eigenvalue weighted by molar-refractivity contribution is 0.204. The quantitative estimate of drug-likeness (QED) is 0.848. The van der Waals surface area contributed by atoms with Crippen LogP contribution >= 0.6 is 0 Å². The molecule has 16 heavy (non-hydrogen) atoms. The van der Waals surface area contributed by atoms with E-state index in [-0.39, 0.29) is 11.5 Å². The Balaban J connectivity index is 2.61. The largest absolute Gasteiger partial charge is 0.492 e. The van der Waals surface area contributed by atoms with Crippen molar-refractivity contribution >= 4 is 0 Å². The second kappa shape index (κ2) is 5.35. The maximum atomic E-state index is 6.07. The molecule has 0 spiro atoms. The molecule has 2 N–H and O–H groups in total. The van der Waals surface area contributed by atoms with Gasteiger partial charge in [0.2, 0.25) is 0 Å². The highest BCUT2D eigenvalue weighted by Gasteiger charge is 2.21. The van der Waals surface area contributed by atoms with Crippen LogP contribution in [0.2, 0.25) is 0 Å². The van der Waals surface area contributed by atoms with Gasteiger partial charge in [-0.25, -0.2) is 0 Å². The number of aryl methyl sites for hydroxylation is 1. The van der Waals surface area contributed by atoms with E-state index in [0.717, 1.165) is 12.2 Å². The van der Waals surface area contributed by atoms with Crippen molar-refractivity contribution in [1.29, 1.82) is 0 Å². The van der Waals surface area contributed by atoms with Crippen LogP contribution in [0.25, 0.3) is 0 Å². The van der Waals surface area contributed by atoms with Gasteiger partial charge in [0.05, 0.1) is 0 Å². The Kier molecular flexibility index (Phi) is 4.36. The van der Waals surface area contributed by atoms with Crippen LogP contribution in [0.15, 0.2) is 24.3 Å². The average Bonchev–Trinajstić information content (AvgIpc) is 2.24. The fourth-order valence-electron chi connectivity index (χ4n) is 1.37. The van der Waals surface area contributed by atoms with E-state index in [1.807, 2.05) is 18.2 Å². The first kappa shape index (κ1) is 13.0. The number of benzene rings is 1. The van der Waals surface area contributed by atoms with Gasteiger partial charge in [-0.3, -0.25) is 0 Å². The van der Waals surface area contributed by atoms with Crippen molar-refractivity contribution in [2.75, 3.05) is 6.61 Å². The molecule has 2 nitrogen and oxygen atoms in total. The van der Waals surface area contributed by atoms with Crippen molar-refractivity contribution in [1.82, 2.24) is 0 Å². The Bertz CT molecular complexity index is 328. The summed E-state index contributed by atoms with van der Waals surface area (Å²) in [5.74, 6) is 0.963. The predicted octanol–water partition coefficient (Wildman–Crippen LogP) is 3.00. The Morgan fingerprint density at radius 3 is 2.44 bits per heavy atom. The summed E-state index contributed by atoms with van der Waals surface area (Å²) >= 11 is 0. The molecule has 1 aromatic rings. The van der Waals surface area contributed by atoms with Gasteiger partial charge in [-0.15, -0.1) is 0 Å². The molecule has 0 amide bonds. The van der Waals surface area contributed by atoms with Gasteiger partial charge >= 0.3 is 0 Å². The lowest BCUT2D eigenvalue weighted by atomic mass is 9.88. The maximum absolute atomic E-state index is 6.07. The zero-order chi connectivity index (χ0) is 12.2. The first-order valence-corrected chi connectivity index (χ1v) is 5.91. The average molecular weight is 221 g/mol. The van der Waals surface area contributed by atoms with Crippen molar-refractivity contribution in [2.45, 2.75) is 40.2 Å². The molecule has 1 atom stereocenters. The van der Waals surface area contributed by atoms with E-state index in [9.17, 15) is 0 Å². The third kappa shape index (κ3) is 3.53. The Labute approximate surface area is 98.8 Å². The molecule has 0 aliphatic rings. The Morgan fingerprint density at radius 1 is 1.25 bits per heavy atom. The van der Waals surface area contributed by atoms with Crippen molar-refractivity contribution in [3.05, 3.63) is 29.8 Å². The van der Waals surface area contributed by atoms with Crippen LogP contribution in [0.5, 0.6) is 5.75 Å². The molecule has 1 rings (SSSR count). The van der Waals surface area contributed by atoms with Crippen LogP contribution in [0, 0.1) is 5.41 Å². The standard InChI is InChI=1S/C14H23NO/c1-5-11-8-6-7-9-12(11)16-10-13(15)14(2,3)4/h6-9,13H,5,10,15H2,1-4H3. The Hall–Kier alpha value is -1.02. The minimum Gasteiger partial charge on any atom is -0.492 e. The number of hydrogen-bond acceptors (Lipinski definition) is 2. The van der Waals surface area contributed by atoms with E-state index in [0.29, 0.717) is 6.61 Å². The van der Waals surface area contributed by atoms with Gasteiger partial charge in [0.1, 0.15) is 12.4 Å². The molecular weight excluding hydrogens is 198 g/mol. The topological polar surface area (TPSA) is 35.2 Å². The van der Waals surface area contributed by atoms with Crippen LogP contribution in [-0.2, 0) is 6.42 Å². The molecule has 0 aliphatic carbocycles. The molecule has 0 aliphatic heterocycles. The van der Waals surface area contributed by atoms with E-state index >= 15 is 0 Å². The van der Waals surface area contributed by atoms with Crippen LogP contribution in [0.3, 0.4) is 0 Å². The SMILES string of the molecule is CCc1ccccc1OCC(N)C(C)(C)C. The lowest BCUT2D eigenvalue weighted by Gasteiger charge is -2.27. The summed E-state index contributed by atoms with van der Waals surface area (Å²) in [6.07, 6.45) is 0.987. The molecule has 0 bridgehead atoms. The fourth-order valence-corrected chi connectivity index (χ4v) is 1.37. The van der Waals surface area contributed by atoms with Crippen LogP contribution < -0.4 is 10.5 Å². The smallest absolute Gasteiger partial charge is 0.122 e.